The van der Waals surface area contributed by atoms with Crippen LogP contribution in [-0.2, 0) is 0 Å². The molecule has 0 spiro atoms. The molecule has 1 aromatic heterocycles. The number of aromatic amines is 1. The molecule has 0 amide bonds. The highest BCUT2D eigenvalue weighted by atomic mass is 16.5. The number of nitrogens with one attached hydrogen (secondary N) is 1. The van der Waals surface area contributed by atoms with Gasteiger partial charge in [-0.05, 0) is 36.2 Å². The Bertz CT molecular complexity index is 979. The van der Waals surface area contributed by atoms with Crippen LogP contribution in [0.1, 0.15) is 5.56 Å². The highest BCUT2D eigenvalue weighted by Crippen LogP contribution is 2.38. The van der Waals surface area contributed by atoms with Gasteiger partial charge in [0.2, 0.25) is 0 Å². The van der Waals surface area contributed by atoms with E-state index in [1.54, 1.807) is 7.11 Å². The smallest absolute Gasteiger partial charge is 0.118 e. The molecule has 2 heteroatoms. The molecule has 0 atom stereocenters. The van der Waals surface area contributed by atoms with E-state index >= 15 is 0 Å². The van der Waals surface area contributed by atoms with Gasteiger partial charge in [-0.25, -0.2) is 0 Å². The number of benzene rings is 3. The third-order valence-electron chi connectivity index (χ3n) is 4.43. The minimum absolute atomic E-state index is 0.871. The third kappa shape index (κ3) is 2.46. The normalized spacial score (nSPS) is 10.9. The molecule has 1 N–H and O–H groups in total. The van der Waals surface area contributed by atoms with Gasteiger partial charge in [0.25, 0.3) is 0 Å². The highest BCUT2D eigenvalue weighted by Gasteiger charge is 2.14. The number of hydrogen-bond acceptors (Lipinski definition) is 1. The maximum atomic E-state index is 5.29. The van der Waals surface area contributed by atoms with Crippen LogP contribution in [0.4, 0.5) is 0 Å². The molecule has 0 aliphatic rings. The molecule has 1 heterocycles. The molecule has 0 saturated carbocycles. The summed E-state index contributed by atoms with van der Waals surface area (Å²) in [6, 6.07) is 25.3. The molecular weight excluding hydrogens is 294 g/mol. The van der Waals surface area contributed by atoms with Crippen molar-refractivity contribution in [2.75, 3.05) is 7.11 Å². The second-order valence-corrected chi connectivity index (χ2v) is 6.02. The maximum Gasteiger partial charge on any atom is 0.118 e. The zero-order valence-corrected chi connectivity index (χ0v) is 13.8. The lowest BCUT2D eigenvalue weighted by Gasteiger charge is -2.07. The molecule has 0 aliphatic heterocycles. The monoisotopic (exact) mass is 313 g/mol. The first kappa shape index (κ1) is 14.6. The standard InChI is InChI=1S/C22H19NO/c1-15-7-9-17(10-8-15)22-21(16-11-13-18(24-2)14-12-16)19-5-3-4-6-20(19)23-22/h3-14,23H,1-2H3. The number of methoxy groups -OCH3 is 1. The zero-order valence-electron chi connectivity index (χ0n) is 13.8. The van der Waals surface area contributed by atoms with Gasteiger partial charge in [-0.1, -0.05) is 60.2 Å². The molecule has 4 rings (SSSR count). The lowest BCUT2D eigenvalue weighted by molar-refractivity contribution is 0.415. The van der Waals surface area contributed by atoms with Crippen molar-refractivity contribution in [3.8, 4) is 28.1 Å². The summed E-state index contributed by atoms with van der Waals surface area (Å²) in [5, 5.41) is 1.23. The predicted octanol–water partition coefficient (Wildman–Crippen LogP) is 5.82. The number of rotatable bonds is 3. The molecule has 0 unspecified atom stereocenters. The van der Waals surface area contributed by atoms with Crippen molar-refractivity contribution in [2.24, 2.45) is 0 Å². The van der Waals surface area contributed by atoms with Crippen molar-refractivity contribution in [1.82, 2.24) is 4.98 Å². The van der Waals surface area contributed by atoms with Gasteiger partial charge in [-0.3, -0.25) is 0 Å². The van der Waals surface area contributed by atoms with Gasteiger partial charge in [0.15, 0.2) is 0 Å². The lowest BCUT2D eigenvalue weighted by Crippen LogP contribution is -1.85. The molecule has 0 aliphatic carbocycles. The topological polar surface area (TPSA) is 25.0 Å². The summed E-state index contributed by atoms with van der Waals surface area (Å²) in [6.07, 6.45) is 0. The summed E-state index contributed by atoms with van der Waals surface area (Å²) in [5.74, 6) is 0.871. The molecular formula is C22H19NO. The summed E-state index contributed by atoms with van der Waals surface area (Å²) >= 11 is 0. The third-order valence-corrected chi connectivity index (χ3v) is 4.43. The highest BCUT2D eigenvalue weighted by molar-refractivity contribution is 6.03. The first-order valence-corrected chi connectivity index (χ1v) is 8.08. The van der Waals surface area contributed by atoms with E-state index in [9.17, 15) is 0 Å². The maximum absolute atomic E-state index is 5.29. The number of aromatic nitrogens is 1. The summed E-state index contributed by atoms with van der Waals surface area (Å²) in [5.41, 5.74) is 7.18. The van der Waals surface area contributed by atoms with E-state index in [0.29, 0.717) is 0 Å². The van der Waals surface area contributed by atoms with Gasteiger partial charge in [0.05, 0.1) is 12.8 Å². The van der Waals surface area contributed by atoms with E-state index in [4.69, 9.17) is 4.74 Å². The van der Waals surface area contributed by atoms with Crippen molar-refractivity contribution in [3.63, 3.8) is 0 Å². The number of para-hydroxylation sites is 1. The van der Waals surface area contributed by atoms with Crippen molar-refractivity contribution in [2.45, 2.75) is 6.92 Å². The summed E-state index contributed by atoms with van der Waals surface area (Å²) in [4.78, 5) is 3.60. The minimum Gasteiger partial charge on any atom is -0.497 e. The molecule has 0 fully saturated rings. The van der Waals surface area contributed by atoms with Gasteiger partial charge >= 0.3 is 0 Å². The fraction of sp³-hybridized carbons (Fsp3) is 0.0909. The van der Waals surface area contributed by atoms with E-state index in [1.807, 2.05) is 12.1 Å². The van der Waals surface area contributed by atoms with E-state index < -0.39 is 0 Å². The molecule has 24 heavy (non-hydrogen) atoms. The summed E-state index contributed by atoms with van der Waals surface area (Å²) < 4.78 is 5.29. The molecule has 0 saturated heterocycles. The molecule has 0 bridgehead atoms. The fourth-order valence-electron chi connectivity index (χ4n) is 3.14. The number of H-pyrrole nitrogens is 1. The van der Waals surface area contributed by atoms with E-state index in [2.05, 4.69) is 72.6 Å². The van der Waals surface area contributed by atoms with E-state index in [-0.39, 0.29) is 0 Å². The quantitative estimate of drug-likeness (QED) is 0.506. The van der Waals surface area contributed by atoms with Crippen LogP contribution < -0.4 is 4.74 Å². The summed E-state index contributed by atoms with van der Waals surface area (Å²) in [6.45, 7) is 2.11. The molecule has 0 radical (unpaired) electrons. The minimum atomic E-state index is 0.871. The Labute approximate surface area is 141 Å². The van der Waals surface area contributed by atoms with Crippen LogP contribution in [0, 0.1) is 6.92 Å². The number of hydrogen-bond donors (Lipinski definition) is 1. The van der Waals surface area contributed by atoms with Crippen LogP contribution in [0.5, 0.6) is 5.75 Å². The van der Waals surface area contributed by atoms with Crippen molar-refractivity contribution < 1.29 is 4.74 Å². The Morgan fingerprint density at radius 2 is 1.42 bits per heavy atom. The number of fused-ring (bicyclic) bond motifs is 1. The molecule has 3 aromatic carbocycles. The largest absolute Gasteiger partial charge is 0.497 e. The van der Waals surface area contributed by atoms with Crippen LogP contribution >= 0.6 is 0 Å². The second kappa shape index (κ2) is 5.89. The zero-order chi connectivity index (χ0) is 16.5. The van der Waals surface area contributed by atoms with E-state index in [1.165, 1.54) is 27.6 Å². The van der Waals surface area contributed by atoms with Crippen molar-refractivity contribution >= 4 is 10.9 Å². The van der Waals surface area contributed by atoms with Gasteiger partial charge in [0, 0.05) is 16.5 Å². The second-order valence-electron chi connectivity index (χ2n) is 6.02. The average Bonchev–Trinajstić information content (AvgIpc) is 3.02. The predicted molar refractivity (Wildman–Crippen MR) is 100 cm³/mol. The van der Waals surface area contributed by atoms with Crippen LogP contribution in [0.2, 0.25) is 0 Å². The molecule has 118 valence electrons. The van der Waals surface area contributed by atoms with Gasteiger partial charge in [-0.15, -0.1) is 0 Å². The van der Waals surface area contributed by atoms with Crippen molar-refractivity contribution in [1.29, 1.82) is 0 Å². The number of aryl methyl sites for hydroxylation is 1. The Hall–Kier alpha value is -3.00. The van der Waals surface area contributed by atoms with Crippen LogP contribution in [0.25, 0.3) is 33.3 Å². The number of ether oxygens (including phenoxy) is 1. The first-order chi connectivity index (χ1) is 11.8. The molecule has 2 nitrogen and oxygen atoms in total. The Morgan fingerprint density at radius 1 is 0.750 bits per heavy atom. The average molecular weight is 313 g/mol. The van der Waals surface area contributed by atoms with Gasteiger partial charge in [-0.2, -0.15) is 0 Å². The molecule has 4 aromatic rings. The first-order valence-electron chi connectivity index (χ1n) is 8.08. The van der Waals surface area contributed by atoms with Crippen LogP contribution in [-0.4, -0.2) is 12.1 Å². The SMILES string of the molecule is COc1ccc(-c2c(-c3ccc(C)cc3)[nH]c3ccccc23)cc1. The van der Waals surface area contributed by atoms with Gasteiger partial charge < -0.3 is 9.72 Å². The fourth-order valence-corrected chi connectivity index (χ4v) is 3.14. The Kier molecular flexibility index (Phi) is 3.58. The van der Waals surface area contributed by atoms with Gasteiger partial charge in [0.1, 0.15) is 5.75 Å². The van der Waals surface area contributed by atoms with Crippen LogP contribution in [0.3, 0.4) is 0 Å². The van der Waals surface area contributed by atoms with Crippen molar-refractivity contribution in [3.05, 3.63) is 78.4 Å². The Balaban J connectivity index is 1.97. The lowest BCUT2D eigenvalue weighted by atomic mass is 9.98. The van der Waals surface area contributed by atoms with Crippen LogP contribution in [0.15, 0.2) is 72.8 Å². The summed E-state index contributed by atoms with van der Waals surface area (Å²) in [7, 11) is 1.69. The Morgan fingerprint density at radius 3 is 2.12 bits per heavy atom. The van der Waals surface area contributed by atoms with E-state index in [0.717, 1.165) is 17.0 Å².